The first kappa shape index (κ1) is 17.8. The lowest BCUT2D eigenvalue weighted by atomic mass is 9.92. The molecule has 4 heterocycles. The second-order valence-electron chi connectivity index (χ2n) is 8.71. The first-order valence-electron chi connectivity index (χ1n) is 10.9. The fourth-order valence-electron chi connectivity index (χ4n) is 4.66. The summed E-state index contributed by atoms with van der Waals surface area (Å²) in [7, 11) is 1.95. The van der Waals surface area contributed by atoms with Crippen molar-refractivity contribution in [3.8, 4) is 11.3 Å². The molecular weight excluding hydrogens is 372 g/mol. The van der Waals surface area contributed by atoms with Crippen LogP contribution in [0.15, 0.2) is 48.7 Å². The van der Waals surface area contributed by atoms with Crippen LogP contribution in [0.1, 0.15) is 25.7 Å². The Hall–Kier alpha value is -2.99. The fraction of sp³-hybridized carbons (Fsp3) is 0.375. The van der Waals surface area contributed by atoms with Crippen molar-refractivity contribution < 1.29 is 0 Å². The molecule has 6 nitrogen and oxygen atoms in total. The molecule has 30 heavy (non-hydrogen) atoms. The van der Waals surface area contributed by atoms with E-state index in [0.29, 0.717) is 6.04 Å². The van der Waals surface area contributed by atoms with Crippen LogP contribution in [-0.2, 0) is 7.05 Å². The number of rotatable bonds is 4. The molecule has 1 saturated carbocycles. The Labute approximate surface area is 175 Å². The largest absolute Gasteiger partial charge is 0.355 e. The average Bonchev–Trinajstić information content (AvgIpc) is 3.35. The zero-order valence-corrected chi connectivity index (χ0v) is 17.3. The highest BCUT2D eigenvalue weighted by molar-refractivity contribution is 5.85. The second kappa shape index (κ2) is 7.06. The molecule has 0 spiro atoms. The molecule has 0 unspecified atom stereocenters. The summed E-state index contributed by atoms with van der Waals surface area (Å²) < 4.78 is 1.85. The third kappa shape index (κ3) is 3.21. The Morgan fingerprint density at radius 2 is 1.73 bits per heavy atom. The highest BCUT2D eigenvalue weighted by atomic mass is 15.2. The number of nitrogens with one attached hydrogen (secondary N) is 1. The summed E-state index contributed by atoms with van der Waals surface area (Å²) in [5.74, 6) is 1.06. The summed E-state index contributed by atoms with van der Waals surface area (Å²) in [6, 6.07) is 16.0. The van der Waals surface area contributed by atoms with Crippen molar-refractivity contribution in [3.63, 3.8) is 0 Å². The third-order valence-corrected chi connectivity index (χ3v) is 6.53. The van der Waals surface area contributed by atoms with Gasteiger partial charge in [-0.1, -0.05) is 12.5 Å². The molecule has 0 radical (unpaired) electrons. The van der Waals surface area contributed by atoms with Crippen molar-refractivity contribution in [2.45, 2.75) is 37.8 Å². The quantitative estimate of drug-likeness (QED) is 0.565. The minimum Gasteiger partial charge on any atom is -0.355 e. The van der Waals surface area contributed by atoms with Crippen molar-refractivity contribution in [2.24, 2.45) is 7.05 Å². The molecule has 6 heteroatoms. The van der Waals surface area contributed by atoms with Crippen LogP contribution >= 0.6 is 0 Å². The number of nitrogens with zero attached hydrogens (tertiary/aromatic N) is 5. The number of pyridine rings is 2. The van der Waals surface area contributed by atoms with E-state index in [4.69, 9.17) is 9.97 Å². The number of hydrogen-bond donors (Lipinski definition) is 1. The SMILES string of the molecule is Cn1cc2cc(-c3ccc4nc(N5CC[C@H](NC6CCC6)C5)ccc4n3)ccc2n1. The molecule has 2 aliphatic rings. The summed E-state index contributed by atoms with van der Waals surface area (Å²) >= 11 is 0. The monoisotopic (exact) mass is 398 g/mol. The molecule has 3 aromatic heterocycles. The molecule has 6 rings (SSSR count). The van der Waals surface area contributed by atoms with Gasteiger partial charge in [0.25, 0.3) is 0 Å². The molecule has 1 aliphatic carbocycles. The number of aromatic nitrogens is 4. The van der Waals surface area contributed by atoms with Crippen LogP contribution in [0.5, 0.6) is 0 Å². The van der Waals surface area contributed by atoms with Crippen molar-refractivity contribution in [1.29, 1.82) is 0 Å². The maximum atomic E-state index is 4.92. The van der Waals surface area contributed by atoms with E-state index in [1.165, 1.54) is 25.7 Å². The van der Waals surface area contributed by atoms with Gasteiger partial charge in [0.05, 0.1) is 22.2 Å². The fourth-order valence-corrected chi connectivity index (χ4v) is 4.66. The van der Waals surface area contributed by atoms with Gasteiger partial charge < -0.3 is 10.2 Å². The van der Waals surface area contributed by atoms with Crippen LogP contribution in [0.4, 0.5) is 5.82 Å². The normalized spacial score (nSPS) is 19.6. The Balaban J connectivity index is 1.24. The highest BCUT2D eigenvalue weighted by Crippen LogP contribution is 2.27. The second-order valence-corrected chi connectivity index (χ2v) is 8.71. The van der Waals surface area contributed by atoms with Gasteiger partial charge in [-0.3, -0.25) is 4.68 Å². The van der Waals surface area contributed by atoms with Gasteiger partial charge in [-0.05, 0) is 55.7 Å². The minimum absolute atomic E-state index is 0.593. The molecular formula is C24H26N6. The van der Waals surface area contributed by atoms with Gasteiger partial charge in [-0.25, -0.2) is 9.97 Å². The Bertz CT molecular complexity index is 1230. The number of hydrogen-bond acceptors (Lipinski definition) is 5. The lowest BCUT2D eigenvalue weighted by Crippen LogP contribution is -2.43. The zero-order chi connectivity index (χ0) is 20.1. The van der Waals surface area contributed by atoms with Crippen molar-refractivity contribution in [2.75, 3.05) is 18.0 Å². The third-order valence-electron chi connectivity index (χ3n) is 6.53. The molecule has 1 atom stereocenters. The molecule has 0 bridgehead atoms. The predicted molar refractivity (Wildman–Crippen MR) is 121 cm³/mol. The smallest absolute Gasteiger partial charge is 0.129 e. The van der Waals surface area contributed by atoms with Gasteiger partial charge in [0.2, 0.25) is 0 Å². The molecule has 4 aromatic rings. The van der Waals surface area contributed by atoms with E-state index >= 15 is 0 Å². The topological polar surface area (TPSA) is 58.9 Å². The molecule has 1 aromatic carbocycles. The van der Waals surface area contributed by atoms with Crippen molar-refractivity contribution in [1.82, 2.24) is 25.1 Å². The summed E-state index contributed by atoms with van der Waals surface area (Å²) in [5, 5.41) is 9.38. The lowest BCUT2D eigenvalue weighted by Gasteiger charge is -2.30. The molecule has 2 fully saturated rings. The van der Waals surface area contributed by atoms with Crippen LogP contribution in [0.3, 0.4) is 0 Å². The number of benzene rings is 1. The summed E-state index contributed by atoms with van der Waals surface area (Å²) in [5.41, 5.74) is 4.96. The Morgan fingerprint density at radius 1 is 0.900 bits per heavy atom. The Kier molecular flexibility index (Phi) is 4.20. The van der Waals surface area contributed by atoms with Gasteiger partial charge in [0.1, 0.15) is 5.82 Å². The predicted octanol–water partition coefficient (Wildman–Crippen LogP) is 3.90. The maximum absolute atomic E-state index is 4.92. The van der Waals surface area contributed by atoms with Crippen LogP contribution in [0, 0.1) is 0 Å². The molecule has 1 saturated heterocycles. The molecule has 0 amide bonds. The van der Waals surface area contributed by atoms with Crippen LogP contribution in [0.2, 0.25) is 0 Å². The first-order chi connectivity index (χ1) is 14.7. The molecule has 1 N–H and O–H groups in total. The zero-order valence-electron chi connectivity index (χ0n) is 17.3. The molecule has 1 aliphatic heterocycles. The van der Waals surface area contributed by atoms with Crippen LogP contribution < -0.4 is 10.2 Å². The minimum atomic E-state index is 0.593. The standard InChI is InChI=1S/C24H26N6/c1-29-14-17-13-16(5-6-21(17)28-29)20-7-8-23-22(26-20)9-10-24(27-23)30-12-11-19(15-30)25-18-3-2-4-18/h5-10,13-14,18-19,25H,2-4,11-12,15H2,1H3/t19-/m0/s1. The van der Waals surface area contributed by atoms with E-state index < -0.39 is 0 Å². The van der Waals surface area contributed by atoms with E-state index in [1.54, 1.807) is 0 Å². The molecule has 152 valence electrons. The summed E-state index contributed by atoms with van der Waals surface area (Å²) in [6.45, 7) is 2.12. The van der Waals surface area contributed by atoms with E-state index in [1.807, 2.05) is 17.9 Å². The van der Waals surface area contributed by atoms with Gasteiger partial charge in [-0.15, -0.1) is 0 Å². The van der Waals surface area contributed by atoms with E-state index in [2.05, 4.69) is 57.8 Å². The van der Waals surface area contributed by atoms with Gasteiger partial charge in [-0.2, -0.15) is 5.10 Å². The maximum Gasteiger partial charge on any atom is 0.129 e. The highest BCUT2D eigenvalue weighted by Gasteiger charge is 2.27. The van der Waals surface area contributed by atoms with Gasteiger partial charge in [0.15, 0.2) is 0 Å². The number of aryl methyl sites for hydroxylation is 1. The van der Waals surface area contributed by atoms with Gasteiger partial charge in [0, 0.05) is 49.4 Å². The summed E-state index contributed by atoms with van der Waals surface area (Å²) in [4.78, 5) is 12.2. The van der Waals surface area contributed by atoms with Crippen LogP contribution in [0.25, 0.3) is 33.2 Å². The number of anilines is 1. The average molecular weight is 399 g/mol. The lowest BCUT2D eigenvalue weighted by molar-refractivity contribution is 0.311. The van der Waals surface area contributed by atoms with Crippen LogP contribution in [-0.4, -0.2) is 44.9 Å². The van der Waals surface area contributed by atoms with E-state index in [-0.39, 0.29) is 0 Å². The Morgan fingerprint density at radius 3 is 2.60 bits per heavy atom. The number of fused-ring (bicyclic) bond motifs is 2. The van der Waals surface area contributed by atoms with E-state index in [0.717, 1.165) is 58.1 Å². The summed E-state index contributed by atoms with van der Waals surface area (Å²) in [6.07, 6.45) is 7.30. The van der Waals surface area contributed by atoms with Crippen molar-refractivity contribution in [3.05, 3.63) is 48.7 Å². The van der Waals surface area contributed by atoms with Crippen molar-refractivity contribution >= 4 is 27.8 Å². The van der Waals surface area contributed by atoms with E-state index in [9.17, 15) is 0 Å². The van der Waals surface area contributed by atoms with Gasteiger partial charge >= 0.3 is 0 Å². The first-order valence-corrected chi connectivity index (χ1v) is 10.9.